The Morgan fingerprint density at radius 3 is 1.91 bits per heavy atom. The topological polar surface area (TPSA) is 102 Å². The van der Waals surface area contributed by atoms with Crippen LogP contribution in [-0.2, 0) is 28.6 Å². The molecular weight excluding hydrogens is 582 g/mol. The van der Waals surface area contributed by atoms with Crippen molar-refractivity contribution in [2.75, 3.05) is 41.0 Å². The smallest absolute Gasteiger partial charge is 0.306 e. The first-order valence-corrected chi connectivity index (χ1v) is 17.0. The summed E-state index contributed by atoms with van der Waals surface area (Å²) in [5, 5.41) is 11.5. The molecule has 0 aliphatic heterocycles. The van der Waals surface area contributed by atoms with Gasteiger partial charge in [0.1, 0.15) is 12.6 Å². The molecule has 0 N–H and O–H groups in total. The van der Waals surface area contributed by atoms with E-state index in [0.29, 0.717) is 12.8 Å². The van der Waals surface area contributed by atoms with Crippen LogP contribution >= 0.6 is 0 Å². The molecule has 0 rings (SSSR count). The molecule has 260 valence electrons. The van der Waals surface area contributed by atoms with E-state index in [-0.39, 0.29) is 55.5 Å². The highest BCUT2D eigenvalue weighted by Crippen LogP contribution is 2.10. The van der Waals surface area contributed by atoms with Crippen LogP contribution in [0.2, 0.25) is 0 Å². The lowest BCUT2D eigenvalue weighted by atomic mass is 10.1. The molecule has 0 fully saturated rings. The Balaban J connectivity index is 4.60. The highest BCUT2D eigenvalue weighted by atomic mass is 16.6. The minimum absolute atomic E-state index is 0.00690. The molecule has 0 aliphatic rings. The van der Waals surface area contributed by atoms with E-state index in [2.05, 4.69) is 32.1 Å². The number of hydrogen-bond acceptors (Lipinski definition) is 7. The Hall–Kier alpha value is -3.23. The van der Waals surface area contributed by atoms with E-state index in [1.54, 1.807) is 21.1 Å². The number of allylic oxidation sites excluding steroid dienone is 12. The maximum absolute atomic E-state index is 12.6. The average Bonchev–Trinajstić information content (AvgIpc) is 3.00. The Morgan fingerprint density at radius 2 is 1.28 bits per heavy atom. The van der Waals surface area contributed by atoms with Crippen molar-refractivity contribution in [3.63, 3.8) is 0 Å². The number of nitrogens with zero attached hydrogens (tertiary/aromatic N) is 1. The van der Waals surface area contributed by atoms with Crippen molar-refractivity contribution in [2.24, 2.45) is 0 Å². The predicted molar refractivity (Wildman–Crippen MR) is 185 cm³/mol. The number of ether oxygens (including phenoxy) is 3. The maximum Gasteiger partial charge on any atom is 0.306 e. The van der Waals surface area contributed by atoms with Crippen molar-refractivity contribution in [3.05, 3.63) is 72.9 Å². The molecular formula is C38H61NO7. The molecule has 0 aromatic rings. The predicted octanol–water partition coefficient (Wildman–Crippen LogP) is 6.73. The Kier molecular flexibility index (Phi) is 27.1. The third-order valence-electron chi connectivity index (χ3n) is 6.97. The van der Waals surface area contributed by atoms with E-state index in [0.717, 1.165) is 38.5 Å². The summed E-state index contributed by atoms with van der Waals surface area (Å²) in [6.45, 7) is 4.31. The number of aliphatic carboxylic acids is 1. The van der Waals surface area contributed by atoms with Gasteiger partial charge >= 0.3 is 11.9 Å². The summed E-state index contributed by atoms with van der Waals surface area (Å²) < 4.78 is 16.9. The van der Waals surface area contributed by atoms with Gasteiger partial charge in [0.05, 0.1) is 40.3 Å². The van der Waals surface area contributed by atoms with Gasteiger partial charge in [0.25, 0.3) is 0 Å². The zero-order chi connectivity index (χ0) is 34.3. The molecule has 2 unspecified atom stereocenters. The fraction of sp³-hybridized carbons (Fsp3) is 0.605. The van der Waals surface area contributed by atoms with Crippen molar-refractivity contribution in [3.8, 4) is 0 Å². The van der Waals surface area contributed by atoms with E-state index < -0.39 is 18.1 Å². The molecule has 0 amide bonds. The third kappa shape index (κ3) is 27.1. The lowest BCUT2D eigenvalue weighted by molar-refractivity contribution is -0.889. The molecule has 0 spiro atoms. The summed E-state index contributed by atoms with van der Waals surface area (Å²) in [5.41, 5.74) is 0. The van der Waals surface area contributed by atoms with Gasteiger partial charge in [-0.3, -0.25) is 9.59 Å². The van der Waals surface area contributed by atoms with Crippen LogP contribution in [0.4, 0.5) is 0 Å². The van der Waals surface area contributed by atoms with E-state index in [1.807, 2.05) is 54.7 Å². The Bertz CT molecular complexity index is 985. The van der Waals surface area contributed by atoms with E-state index >= 15 is 0 Å². The molecule has 0 heterocycles. The second-order valence-electron chi connectivity index (χ2n) is 12.1. The van der Waals surface area contributed by atoms with Gasteiger partial charge in [-0.2, -0.15) is 0 Å². The van der Waals surface area contributed by atoms with Crippen LogP contribution in [0.5, 0.6) is 0 Å². The summed E-state index contributed by atoms with van der Waals surface area (Å²) in [5.74, 6) is -1.88. The van der Waals surface area contributed by atoms with Gasteiger partial charge in [-0.1, -0.05) is 106 Å². The van der Waals surface area contributed by atoms with E-state index in [9.17, 15) is 19.5 Å². The van der Waals surface area contributed by atoms with Crippen LogP contribution in [0.15, 0.2) is 72.9 Å². The Labute approximate surface area is 279 Å². The molecule has 8 nitrogen and oxygen atoms in total. The first-order valence-electron chi connectivity index (χ1n) is 17.0. The van der Waals surface area contributed by atoms with Gasteiger partial charge in [-0.15, -0.1) is 0 Å². The fourth-order valence-corrected chi connectivity index (χ4v) is 4.28. The number of carboxylic acids is 1. The molecule has 0 radical (unpaired) electrons. The highest BCUT2D eigenvalue weighted by molar-refractivity contribution is 5.70. The van der Waals surface area contributed by atoms with Crippen LogP contribution in [0, 0.1) is 0 Å². The van der Waals surface area contributed by atoms with Crippen molar-refractivity contribution >= 4 is 17.9 Å². The number of esters is 2. The van der Waals surface area contributed by atoms with E-state index in [4.69, 9.17) is 14.2 Å². The normalized spacial score (nSPS) is 14.0. The number of carbonyl (C=O) groups is 3. The summed E-state index contributed by atoms with van der Waals surface area (Å²) in [6, 6.07) is -0.739. The average molecular weight is 644 g/mol. The minimum atomic E-state index is -1.14. The van der Waals surface area contributed by atoms with Crippen molar-refractivity contribution < 1.29 is 38.2 Å². The molecule has 2 atom stereocenters. The Morgan fingerprint density at radius 1 is 0.674 bits per heavy atom. The first kappa shape index (κ1) is 42.8. The molecule has 0 saturated heterocycles. The third-order valence-corrected chi connectivity index (χ3v) is 6.97. The van der Waals surface area contributed by atoms with Crippen LogP contribution in [0.25, 0.3) is 0 Å². The standard InChI is InChI=1S/C38H61NO7/c1-6-8-10-12-14-15-16-17-18-19-20-21-23-25-27-29-37(41)46-34(32-44-31-30-35(38(42)43)39(3,4)5)33-45-36(40)28-26-24-22-13-11-9-7-2/h8,10,12,14-20,22,24,34-35H,6-7,9,11,13,21,23,25-33H2,1-5H3/b10-8+,14-12+,16-15+,18-17+,20-19+,24-22+. The number of carbonyl (C=O) groups excluding carboxylic acids is 3. The van der Waals surface area contributed by atoms with Gasteiger partial charge in [0.15, 0.2) is 6.10 Å². The highest BCUT2D eigenvalue weighted by Gasteiger charge is 2.25. The quantitative estimate of drug-likeness (QED) is 0.0306. The summed E-state index contributed by atoms with van der Waals surface area (Å²) >= 11 is 0. The van der Waals surface area contributed by atoms with Gasteiger partial charge in [-0.25, -0.2) is 0 Å². The van der Waals surface area contributed by atoms with Crippen LogP contribution in [-0.4, -0.2) is 75.5 Å². The number of rotatable bonds is 28. The molecule has 0 bridgehead atoms. The van der Waals surface area contributed by atoms with Crippen LogP contribution in [0.1, 0.15) is 97.3 Å². The van der Waals surface area contributed by atoms with Crippen molar-refractivity contribution in [1.29, 1.82) is 0 Å². The monoisotopic (exact) mass is 643 g/mol. The van der Waals surface area contributed by atoms with Gasteiger partial charge in [0.2, 0.25) is 0 Å². The number of hydrogen-bond donors (Lipinski definition) is 0. The first-order chi connectivity index (χ1) is 22.1. The van der Waals surface area contributed by atoms with Gasteiger partial charge in [-0.05, 0) is 44.9 Å². The van der Waals surface area contributed by atoms with Crippen molar-refractivity contribution in [1.82, 2.24) is 0 Å². The SMILES string of the molecule is CC/C=C/C=C/C=C/C=C/C=C/CCCCCC(=O)OC(COCCC(C(=O)[O-])[N+](C)(C)C)COC(=O)CC/C=C/CCCCC. The molecule has 8 heteroatoms. The summed E-state index contributed by atoms with van der Waals surface area (Å²) in [7, 11) is 5.35. The maximum atomic E-state index is 12.6. The lowest BCUT2D eigenvalue weighted by Gasteiger charge is -2.34. The number of quaternary nitrogens is 1. The van der Waals surface area contributed by atoms with Crippen molar-refractivity contribution in [2.45, 2.75) is 109 Å². The van der Waals surface area contributed by atoms with Crippen LogP contribution in [0.3, 0.4) is 0 Å². The zero-order valence-electron chi connectivity index (χ0n) is 29.2. The summed E-state index contributed by atoms with van der Waals surface area (Å²) in [6.07, 6.45) is 33.9. The second kappa shape index (κ2) is 29.2. The number of carboxylic acid groups (broad SMARTS) is 1. The largest absolute Gasteiger partial charge is 0.544 e. The van der Waals surface area contributed by atoms with Gasteiger partial charge < -0.3 is 28.6 Å². The second-order valence-corrected chi connectivity index (χ2v) is 12.1. The number of likely N-dealkylation sites (N-methyl/N-ethyl adjacent to an activating group) is 1. The number of unbranched alkanes of at least 4 members (excludes halogenated alkanes) is 6. The molecule has 46 heavy (non-hydrogen) atoms. The fourth-order valence-electron chi connectivity index (χ4n) is 4.28. The van der Waals surface area contributed by atoms with Crippen LogP contribution < -0.4 is 5.11 Å². The summed E-state index contributed by atoms with van der Waals surface area (Å²) in [4.78, 5) is 36.4. The van der Waals surface area contributed by atoms with E-state index in [1.165, 1.54) is 12.8 Å². The molecule has 0 saturated carbocycles. The van der Waals surface area contributed by atoms with Gasteiger partial charge in [0, 0.05) is 19.3 Å². The zero-order valence-corrected chi connectivity index (χ0v) is 29.2. The molecule has 0 aromatic carbocycles. The lowest BCUT2D eigenvalue weighted by Crippen LogP contribution is -2.55. The molecule has 0 aliphatic carbocycles. The minimum Gasteiger partial charge on any atom is -0.544 e. The molecule has 0 aromatic heterocycles.